The number of aromatic nitrogens is 2. The highest BCUT2D eigenvalue weighted by Crippen LogP contribution is 2.45. The van der Waals surface area contributed by atoms with Gasteiger partial charge in [0.15, 0.2) is 0 Å². The quantitative estimate of drug-likeness (QED) is 0.335. The number of nitrogens with one attached hydrogen (secondary N) is 1. The number of methoxy groups -OCH3 is 1. The van der Waals surface area contributed by atoms with Crippen LogP contribution in [0.3, 0.4) is 0 Å². The molecule has 0 spiro atoms. The number of imidazole rings is 1. The van der Waals surface area contributed by atoms with Gasteiger partial charge in [0, 0.05) is 23.4 Å². The fourth-order valence-electron chi connectivity index (χ4n) is 5.40. The maximum atomic E-state index is 12.6. The van der Waals surface area contributed by atoms with Crippen molar-refractivity contribution in [2.45, 2.75) is 58.9 Å². The van der Waals surface area contributed by atoms with E-state index in [2.05, 4.69) is 35.4 Å². The molecule has 1 aliphatic rings. The first-order chi connectivity index (χ1) is 17.4. The van der Waals surface area contributed by atoms with Gasteiger partial charge in [0.2, 0.25) is 5.95 Å². The number of nitrogens with zero attached hydrogens (tertiary/aromatic N) is 2. The van der Waals surface area contributed by atoms with Crippen LogP contribution >= 0.6 is 0 Å². The van der Waals surface area contributed by atoms with E-state index in [-0.39, 0.29) is 18.2 Å². The Balaban J connectivity index is 1.81. The second kappa shape index (κ2) is 10.5. The van der Waals surface area contributed by atoms with E-state index in [0.717, 1.165) is 24.8 Å². The van der Waals surface area contributed by atoms with Gasteiger partial charge in [-0.3, -0.25) is 4.79 Å². The highest BCUT2D eigenvalue weighted by molar-refractivity contribution is 5.84. The fourth-order valence-corrected chi connectivity index (χ4v) is 5.40. The van der Waals surface area contributed by atoms with Crippen molar-refractivity contribution in [3.63, 3.8) is 0 Å². The summed E-state index contributed by atoms with van der Waals surface area (Å²) in [7, 11) is 1.51. The van der Waals surface area contributed by atoms with Crippen molar-refractivity contribution in [3.05, 3.63) is 42.0 Å². The summed E-state index contributed by atoms with van der Waals surface area (Å²) >= 11 is 0. The fraction of sp³-hybridized carbons (Fsp3) is 0.481. The average Bonchev–Trinajstić information content (AvgIpc) is 3.14. The van der Waals surface area contributed by atoms with Crippen molar-refractivity contribution in [2.24, 2.45) is 17.8 Å². The van der Waals surface area contributed by atoms with Gasteiger partial charge in [-0.05, 0) is 60.9 Å². The van der Waals surface area contributed by atoms with Crippen LogP contribution in [0.25, 0.3) is 11.0 Å². The normalized spacial score (nSPS) is 20.3. The zero-order valence-electron chi connectivity index (χ0n) is 21.3. The summed E-state index contributed by atoms with van der Waals surface area (Å²) in [5.74, 6) is 1.06. The SMILES string of the molecule is COc1cc2c(cc1CC(=O)O)nc(Nc1ccc(OC(F)(F)F)cc1)n2[C@H]1C[C@H](C)CCC1C(C)C. The van der Waals surface area contributed by atoms with Crippen LogP contribution in [0.2, 0.25) is 0 Å². The smallest absolute Gasteiger partial charge is 0.496 e. The minimum atomic E-state index is -4.76. The summed E-state index contributed by atoms with van der Waals surface area (Å²) in [5.41, 5.74) is 2.51. The molecular weight excluding hydrogens is 487 g/mol. The molecule has 0 radical (unpaired) electrons. The van der Waals surface area contributed by atoms with Crippen LogP contribution in [-0.4, -0.2) is 34.1 Å². The van der Waals surface area contributed by atoms with Gasteiger partial charge in [-0.1, -0.05) is 27.2 Å². The van der Waals surface area contributed by atoms with E-state index >= 15 is 0 Å². The Labute approximate surface area is 213 Å². The highest BCUT2D eigenvalue weighted by atomic mass is 19.4. The molecule has 3 aromatic rings. The Morgan fingerprint density at radius 1 is 1.22 bits per heavy atom. The molecule has 0 amide bonds. The number of anilines is 2. The standard InChI is InChI=1S/C27H32F3N3O4/c1-15(2)20-10-5-16(3)11-22(20)33-23-14-24(36-4)17(13-25(34)35)12-21(23)32-26(33)31-18-6-8-19(9-7-18)37-27(28,29)30/h6-9,12,14-16,20,22H,5,10-11,13H2,1-4H3,(H,31,32)(H,34,35)/t16-,20?,22+/m1/s1. The van der Waals surface area contributed by atoms with Crippen molar-refractivity contribution in [1.29, 1.82) is 0 Å². The van der Waals surface area contributed by atoms with E-state index in [1.165, 1.54) is 31.4 Å². The van der Waals surface area contributed by atoms with Crippen LogP contribution < -0.4 is 14.8 Å². The molecule has 200 valence electrons. The number of carboxylic acid groups (broad SMARTS) is 1. The molecule has 0 aliphatic heterocycles. The second-order valence-corrected chi connectivity index (χ2v) is 10.1. The van der Waals surface area contributed by atoms with E-state index in [9.17, 15) is 23.1 Å². The Morgan fingerprint density at radius 3 is 2.51 bits per heavy atom. The topological polar surface area (TPSA) is 85.6 Å². The van der Waals surface area contributed by atoms with Crippen molar-refractivity contribution in [2.75, 3.05) is 12.4 Å². The lowest BCUT2D eigenvalue weighted by molar-refractivity contribution is -0.274. The average molecular weight is 520 g/mol. The van der Waals surface area contributed by atoms with Gasteiger partial charge in [-0.2, -0.15) is 0 Å². The Morgan fingerprint density at radius 2 is 1.92 bits per heavy atom. The van der Waals surface area contributed by atoms with Crippen LogP contribution in [0.4, 0.5) is 24.8 Å². The van der Waals surface area contributed by atoms with Gasteiger partial charge in [0.05, 0.1) is 24.6 Å². The van der Waals surface area contributed by atoms with Crippen LogP contribution in [-0.2, 0) is 11.2 Å². The number of hydrogen-bond donors (Lipinski definition) is 2. The monoisotopic (exact) mass is 519 g/mol. The first-order valence-electron chi connectivity index (χ1n) is 12.4. The number of benzene rings is 2. The van der Waals surface area contributed by atoms with Gasteiger partial charge >= 0.3 is 12.3 Å². The first-order valence-corrected chi connectivity index (χ1v) is 12.4. The number of hydrogen-bond acceptors (Lipinski definition) is 5. The summed E-state index contributed by atoms with van der Waals surface area (Å²) < 4.78 is 49.4. The lowest BCUT2D eigenvalue weighted by atomic mass is 9.74. The van der Waals surface area contributed by atoms with E-state index in [1.807, 2.05) is 6.07 Å². The van der Waals surface area contributed by atoms with Gasteiger partial charge in [-0.15, -0.1) is 13.2 Å². The van der Waals surface area contributed by atoms with Crippen molar-refractivity contribution >= 4 is 28.6 Å². The first kappa shape index (κ1) is 26.6. The minimum absolute atomic E-state index is 0.124. The predicted molar refractivity (Wildman–Crippen MR) is 134 cm³/mol. The third-order valence-corrected chi connectivity index (χ3v) is 7.10. The third kappa shape index (κ3) is 6.11. The van der Waals surface area contributed by atoms with Crippen molar-refractivity contribution < 1.29 is 32.5 Å². The number of carbonyl (C=O) groups is 1. The summed E-state index contributed by atoms with van der Waals surface area (Å²) in [6.45, 7) is 6.66. The summed E-state index contributed by atoms with van der Waals surface area (Å²) in [4.78, 5) is 16.2. The molecular formula is C27H32F3N3O4. The lowest BCUT2D eigenvalue weighted by Crippen LogP contribution is -2.30. The maximum absolute atomic E-state index is 12.6. The molecule has 1 saturated carbocycles. The Kier molecular flexibility index (Phi) is 7.57. The summed E-state index contributed by atoms with van der Waals surface area (Å²) in [5, 5.41) is 12.6. The van der Waals surface area contributed by atoms with Crippen molar-refractivity contribution in [3.8, 4) is 11.5 Å². The molecule has 10 heteroatoms. The number of alkyl halides is 3. The molecule has 1 unspecified atom stereocenters. The van der Waals surface area contributed by atoms with Gasteiger partial charge < -0.3 is 24.5 Å². The molecule has 2 aromatic carbocycles. The highest BCUT2D eigenvalue weighted by Gasteiger charge is 2.35. The molecule has 1 fully saturated rings. The molecule has 4 rings (SSSR count). The molecule has 1 aliphatic carbocycles. The van der Waals surface area contributed by atoms with Gasteiger partial charge in [0.25, 0.3) is 0 Å². The van der Waals surface area contributed by atoms with Crippen LogP contribution in [0.1, 0.15) is 51.6 Å². The van der Waals surface area contributed by atoms with E-state index in [1.54, 1.807) is 6.07 Å². The predicted octanol–water partition coefficient (Wildman–Crippen LogP) is 6.95. The molecule has 2 N–H and O–H groups in total. The molecule has 7 nitrogen and oxygen atoms in total. The third-order valence-electron chi connectivity index (χ3n) is 7.10. The van der Waals surface area contributed by atoms with Gasteiger partial charge in [0.1, 0.15) is 11.5 Å². The molecule has 0 saturated heterocycles. The van der Waals surface area contributed by atoms with E-state index in [4.69, 9.17) is 9.72 Å². The molecule has 3 atom stereocenters. The summed E-state index contributed by atoms with van der Waals surface area (Å²) in [6.07, 6.45) is -1.81. The molecule has 1 heterocycles. The minimum Gasteiger partial charge on any atom is -0.496 e. The number of halogens is 3. The number of fused-ring (bicyclic) bond motifs is 1. The van der Waals surface area contributed by atoms with Crippen LogP contribution in [0, 0.1) is 17.8 Å². The molecule has 1 aromatic heterocycles. The summed E-state index contributed by atoms with van der Waals surface area (Å²) in [6, 6.07) is 9.20. The number of aliphatic carboxylic acids is 1. The Hall–Kier alpha value is -3.43. The lowest BCUT2D eigenvalue weighted by Gasteiger charge is -2.39. The van der Waals surface area contributed by atoms with Gasteiger partial charge in [-0.25, -0.2) is 4.98 Å². The van der Waals surface area contributed by atoms with E-state index < -0.39 is 12.3 Å². The largest absolute Gasteiger partial charge is 0.573 e. The maximum Gasteiger partial charge on any atom is 0.573 e. The molecule has 37 heavy (non-hydrogen) atoms. The number of rotatable bonds is 8. The van der Waals surface area contributed by atoms with Crippen molar-refractivity contribution in [1.82, 2.24) is 9.55 Å². The van der Waals surface area contributed by atoms with Crippen LogP contribution in [0.5, 0.6) is 11.5 Å². The zero-order valence-corrected chi connectivity index (χ0v) is 21.3. The number of ether oxygens (including phenoxy) is 2. The van der Waals surface area contributed by atoms with Crippen LogP contribution in [0.15, 0.2) is 36.4 Å². The van der Waals surface area contributed by atoms with E-state index in [0.29, 0.717) is 46.2 Å². The Bertz CT molecular complexity index is 1250. The second-order valence-electron chi connectivity index (χ2n) is 10.1. The number of carboxylic acids is 1. The molecule has 0 bridgehead atoms. The zero-order chi connectivity index (χ0) is 26.9.